The Labute approximate surface area is 105 Å². The third-order valence-electron chi connectivity index (χ3n) is 2.93. The molecule has 0 spiro atoms. The van der Waals surface area contributed by atoms with Gasteiger partial charge in [-0.1, -0.05) is 19.1 Å². The quantitative estimate of drug-likeness (QED) is 0.877. The monoisotopic (exact) mass is 244 g/mol. The number of aryl methyl sites for hydroxylation is 1. The van der Waals surface area contributed by atoms with E-state index in [0.717, 1.165) is 6.42 Å². The molecule has 1 aromatic carbocycles. The van der Waals surface area contributed by atoms with E-state index >= 15 is 0 Å². The first-order valence-electron chi connectivity index (χ1n) is 6.20. The second-order valence-corrected chi connectivity index (χ2v) is 4.28. The number of H-pyrrole nitrogens is 1. The first-order valence-corrected chi connectivity index (χ1v) is 6.20. The van der Waals surface area contributed by atoms with Gasteiger partial charge >= 0.3 is 0 Å². The maximum absolute atomic E-state index is 11.8. The zero-order valence-corrected chi connectivity index (χ0v) is 10.4. The number of rotatable bonds is 5. The van der Waals surface area contributed by atoms with Gasteiger partial charge in [-0.05, 0) is 18.6 Å². The maximum atomic E-state index is 11.8. The van der Waals surface area contributed by atoms with Crippen molar-refractivity contribution in [3.8, 4) is 0 Å². The van der Waals surface area contributed by atoms with Crippen molar-refractivity contribution < 1.29 is 4.79 Å². The number of fused-ring (bicyclic) bond motifs is 1. The maximum Gasteiger partial charge on any atom is 0.258 e. The number of aromatic nitrogens is 2. The highest BCUT2D eigenvalue weighted by Crippen LogP contribution is 2.07. The molecular formula is C14H16N2O2. The lowest BCUT2D eigenvalue weighted by Gasteiger charge is -2.02. The van der Waals surface area contributed by atoms with Crippen molar-refractivity contribution in [2.75, 3.05) is 0 Å². The molecule has 1 heterocycles. The van der Waals surface area contributed by atoms with Gasteiger partial charge in [0.2, 0.25) is 0 Å². The van der Waals surface area contributed by atoms with Crippen LogP contribution in [-0.4, -0.2) is 15.8 Å². The lowest BCUT2D eigenvalue weighted by Crippen LogP contribution is -2.12. The van der Waals surface area contributed by atoms with Crippen LogP contribution in [0.2, 0.25) is 0 Å². The predicted octanol–water partition coefficient (Wildman–Crippen LogP) is 2.22. The Morgan fingerprint density at radius 2 is 2.11 bits per heavy atom. The highest BCUT2D eigenvalue weighted by Gasteiger charge is 2.04. The van der Waals surface area contributed by atoms with Crippen LogP contribution < -0.4 is 5.56 Å². The Morgan fingerprint density at radius 1 is 1.33 bits per heavy atom. The van der Waals surface area contributed by atoms with Gasteiger partial charge in [0.05, 0.1) is 10.9 Å². The van der Waals surface area contributed by atoms with E-state index in [1.54, 1.807) is 6.07 Å². The number of carbonyl (C=O) groups is 1. The molecule has 94 valence electrons. The van der Waals surface area contributed by atoms with Crippen molar-refractivity contribution in [2.24, 2.45) is 0 Å². The minimum Gasteiger partial charge on any atom is -0.310 e. The topological polar surface area (TPSA) is 62.8 Å². The summed E-state index contributed by atoms with van der Waals surface area (Å²) >= 11 is 0. The van der Waals surface area contributed by atoms with Gasteiger partial charge in [-0.15, -0.1) is 0 Å². The fourth-order valence-electron chi connectivity index (χ4n) is 1.88. The molecule has 0 saturated heterocycles. The van der Waals surface area contributed by atoms with Gasteiger partial charge in [-0.25, -0.2) is 4.98 Å². The van der Waals surface area contributed by atoms with Crippen LogP contribution in [0.15, 0.2) is 29.1 Å². The molecule has 0 amide bonds. The van der Waals surface area contributed by atoms with Crippen LogP contribution in [-0.2, 0) is 11.2 Å². The Bertz CT molecular complexity index is 616. The third-order valence-corrected chi connectivity index (χ3v) is 2.93. The van der Waals surface area contributed by atoms with Crippen LogP contribution in [0, 0.1) is 0 Å². The average molecular weight is 244 g/mol. The molecule has 1 aromatic heterocycles. The summed E-state index contributed by atoms with van der Waals surface area (Å²) in [6.07, 6.45) is 2.48. The molecule has 0 aliphatic rings. The largest absolute Gasteiger partial charge is 0.310 e. The average Bonchev–Trinajstić information content (AvgIpc) is 2.38. The number of nitrogens with zero attached hydrogens (tertiary/aromatic N) is 1. The summed E-state index contributed by atoms with van der Waals surface area (Å²) in [5, 5.41) is 0.603. The number of hydrogen-bond acceptors (Lipinski definition) is 3. The lowest BCUT2D eigenvalue weighted by molar-refractivity contribution is -0.118. The number of aromatic amines is 1. The molecule has 0 bridgehead atoms. The molecule has 2 aromatic rings. The molecule has 0 radical (unpaired) electrons. The number of hydrogen-bond donors (Lipinski definition) is 1. The Morgan fingerprint density at radius 3 is 2.89 bits per heavy atom. The second kappa shape index (κ2) is 5.58. The van der Waals surface area contributed by atoms with Crippen LogP contribution >= 0.6 is 0 Å². The molecular weight excluding hydrogens is 228 g/mol. The van der Waals surface area contributed by atoms with Crippen molar-refractivity contribution in [1.29, 1.82) is 0 Å². The summed E-state index contributed by atoms with van der Waals surface area (Å²) in [6, 6.07) is 7.26. The number of para-hydroxylation sites is 1. The molecule has 0 aliphatic heterocycles. The minimum atomic E-state index is -0.114. The van der Waals surface area contributed by atoms with Crippen molar-refractivity contribution in [1.82, 2.24) is 9.97 Å². The molecule has 0 aliphatic carbocycles. The summed E-state index contributed by atoms with van der Waals surface area (Å²) < 4.78 is 0. The lowest BCUT2D eigenvalue weighted by atomic mass is 10.1. The van der Waals surface area contributed by atoms with Gasteiger partial charge in [0.1, 0.15) is 11.6 Å². The van der Waals surface area contributed by atoms with E-state index in [1.165, 1.54) is 0 Å². The van der Waals surface area contributed by atoms with Crippen molar-refractivity contribution in [3.05, 3.63) is 40.4 Å². The van der Waals surface area contributed by atoms with Gasteiger partial charge < -0.3 is 4.98 Å². The van der Waals surface area contributed by atoms with Gasteiger partial charge in [0.15, 0.2) is 0 Å². The van der Waals surface area contributed by atoms with Crippen molar-refractivity contribution >= 4 is 16.7 Å². The van der Waals surface area contributed by atoms with Crippen molar-refractivity contribution in [3.63, 3.8) is 0 Å². The number of ketones is 1. The fraction of sp³-hybridized carbons (Fsp3) is 0.357. The molecule has 4 nitrogen and oxygen atoms in total. The van der Waals surface area contributed by atoms with Gasteiger partial charge in [-0.3, -0.25) is 9.59 Å². The minimum absolute atomic E-state index is 0.114. The van der Waals surface area contributed by atoms with Crippen molar-refractivity contribution in [2.45, 2.75) is 32.6 Å². The smallest absolute Gasteiger partial charge is 0.258 e. The van der Waals surface area contributed by atoms with E-state index in [9.17, 15) is 9.59 Å². The summed E-state index contributed by atoms with van der Waals surface area (Å²) in [7, 11) is 0. The number of carbonyl (C=O) groups excluding carboxylic acids is 1. The molecule has 0 fully saturated rings. The summed E-state index contributed by atoms with van der Waals surface area (Å²) in [4.78, 5) is 30.1. The third kappa shape index (κ3) is 2.83. The van der Waals surface area contributed by atoms with Crippen LogP contribution in [0.1, 0.15) is 32.0 Å². The van der Waals surface area contributed by atoms with Crippen LogP contribution in [0.5, 0.6) is 0 Å². The van der Waals surface area contributed by atoms with E-state index in [4.69, 9.17) is 0 Å². The number of benzene rings is 1. The normalized spacial score (nSPS) is 10.7. The summed E-state index contributed by atoms with van der Waals surface area (Å²) in [6.45, 7) is 1.86. The molecule has 4 heteroatoms. The SMILES string of the molecule is CCC(=O)CCCc1nc2ccccc2c(=O)[nH]1. The van der Waals surface area contributed by atoms with Gasteiger partial charge in [0.25, 0.3) is 5.56 Å². The van der Waals surface area contributed by atoms with Crippen LogP contribution in [0.3, 0.4) is 0 Å². The number of nitrogens with one attached hydrogen (secondary N) is 1. The molecule has 2 rings (SSSR count). The fourth-order valence-corrected chi connectivity index (χ4v) is 1.88. The van der Waals surface area contributed by atoms with Crippen LogP contribution in [0.25, 0.3) is 10.9 Å². The second-order valence-electron chi connectivity index (χ2n) is 4.28. The van der Waals surface area contributed by atoms with Gasteiger partial charge in [0, 0.05) is 19.3 Å². The van der Waals surface area contributed by atoms with E-state index < -0.39 is 0 Å². The Hall–Kier alpha value is -1.97. The zero-order chi connectivity index (χ0) is 13.0. The first kappa shape index (κ1) is 12.5. The van der Waals surface area contributed by atoms with Gasteiger partial charge in [-0.2, -0.15) is 0 Å². The van der Waals surface area contributed by atoms with E-state index in [-0.39, 0.29) is 11.3 Å². The van der Waals surface area contributed by atoms with E-state index in [0.29, 0.717) is 36.0 Å². The molecule has 0 unspecified atom stereocenters. The highest BCUT2D eigenvalue weighted by atomic mass is 16.1. The molecule has 0 atom stereocenters. The molecule has 1 N–H and O–H groups in total. The summed E-state index contributed by atoms with van der Waals surface area (Å²) in [5.41, 5.74) is 0.593. The zero-order valence-electron chi connectivity index (χ0n) is 10.4. The molecule has 18 heavy (non-hydrogen) atoms. The van der Waals surface area contributed by atoms with Crippen LogP contribution in [0.4, 0.5) is 0 Å². The summed E-state index contributed by atoms with van der Waals surface area (Å²) in [5.74, 6) is 0.903. The van der Waals surface area contributed by atoms with E-state index in [1.807, 2.05) is 25.1 Å². The molecule has 0 saturated carbocycles. The number of Topliss-reactive ketones (excluding diaryl/α,β-unsaturated/α-hetero) is 1. The Balaban J connectivity index is 2.15. The highest BCUT2D eigenvalue weighted by molar-refractivity contribution is 5.78. The van der Waals surface area contributed by atoms with E-state index in [2.05, 4.69) is 9.97 Å². The standard InChI is InChI=1S/C14H16N2O2/c1-2-10(17)6-5-9-13-15-12-8-4-3-7-11(12)14(18)16-13/h3-4,7-8H,2,5-6,9H2,1H3,(H,15,16,18). The first-order chi connectivity index (χ1) is 8.70. The Kier molecular flexibility index (Phi) is 3.87. The predicted molar refractivity (Wildman–Crippen MR) is 70.6 cm³/mol.